The summed E-state index contributed by atoms with van der Waals surface area (Å²) in [6.45, 7) is 10.6. The summed E-state index contributed by atoms with van der Waals surface area (Å²) in [5.74, 6) is 0.554. The first-order valence-electron chi connectivity index (χ1n) is 6.58. The highest BCUT2D eigenvalue weighted by Gasteiger charge is 2.48. The van der Waals surface area contributed by atoms with E-state index in [2.05, 4.69) is 34.6 Å². The molecule has 1 aromatic carbocycles. The molecule has 0 unspecified atom stereocenters. The molecule has 1 aliphatic carbocycles. The largest absolute Gasteiger partial charge is 0.206 e. The highest BCUT2D eigenvalue weighted by molar-refractivity contribution is 5.39. The van der Waals surface area contributed by atoms with Gasteiger partial charge >= 0.3 is 0 Å². The number of hydrogen-bond acceptors (Lipinski definition) is 0. The van der Waals surface area contributed by atoms with E-state index in [9.17, 15) is 4.39 Å². The molecule has 1 saturated carbocycles. The molecule has 17 heavy (non-hydrogen) atoms. The molecular weight excluding hydrogens is 211 g/mol. The van der Waals surface area contributed by atoms with Gasteiger partial charge in [0.25, 0.3) is 0 Å². The normalized spacial score (nSPS) is 18.5. The lowest BCUT2D eigenvalue weighted by Crippen LogP contribution is -2.21. The predicted octanol–water partition coefficient (Wildman–Crippen LogP) is 4.81. The van der Waals surface area contributed by atoms with Crippen LogP contribution in [0, 0.1) is 11.7 Å². The van der Waals surface area contributed by atoms with Gasteiger partial charge in [-0.3, -0.25) is 0 Å². The van der Waals surface area contributed by atoms with Crippen LogP contribution in [0.1, 0.15) is 58.6 Å². The van der Waals surface area contributed by atoms with Crippen LogP contribution >= 0.6 is 0 Å². The molecule has 2 rings (SSSR count). The molecule has 1 aliphatic rings. The molecule has 0 N–H and O–H groups in total. The SMILES string of the molecule is CC(C)C1(c2cccc(C(C)(C)C)c2F)CC1. The van der Waals surface area contributed by atoms with Crippen LogP contribution in [0.5, 0.6) is 0 Å². The van der Waals surface area contributed by atoms with Crippen molar-refractivity contribution in [2.45, 2.75) is 58.3 Å². The van der Waals surface area contributed by atoms with E-state index in [1.807, 2.05) is 18.2 Å². The average molecular weight is 234 g/mol. The van der Waals surface area contributed by atoms with Crippen molar-refractivity contribution < 1.29 is 4.39 Å². The van der Waals surface area contributed by atoms with Gasteiger partial charge in [-0.15, -0.1) is 0 Å². The predicted molar refractivity (Wildman–Crippen MR) is 70.9 cm³/mol. The Bertz CT molecular complexity index is 420. The second kappa shape index (κ2) is 3.83. The fourth-order valence-electron chi connectivity index (χ4n) is 2.79. The van der Waals surface area contributed by atoms with Crippen LogP contribution in [0.4, 0.5) is 4.39 Å². The maximum absolute atomic E-state index is 14.7. The summed E-state index contributed by atoms with van der Waals surface area (Å²) in [6.07, 6.45) is 2.27. The molecule has 0 atom stereocenters. The van der Waals surface area contributed by atoms with Crippen LogP contribution in [-0.4, -0.2) is 0 Å². The Morgan fingerprint density at radius 2 is 1.76 bits per heavy atom. The van der Waals surface area contributed by atoms with E-state index >= 15 is 0 Å². The Kier molecular flexibility index (Phi) is 2.84. The molecule has 0 saturated heterocycles. The zero-order chi connectivity index (χ0) is 12.8. The van der Waals surface area contributed by atoms with Crippen molar-refractivity contribution in [3.63, 3.8) is 0 Å². The number of benzene rings is 1. The quantitative estimate of drug-likeness (QED) is 0.688. The Balaban J connectivity index is 2.51. The zero-order valence-electron chi connectivity index (χ0n) is 11.6. The van der Waals surface area contributed by atoms with Crippen molar-refractivity contribution in [1.82, 2.24) is 0 Å². The monoisotopic (exact) mass is 234 g/mol. The minimum atomic E-state index is -0.118. The van der Waals surface area contributed by atoms with E-state index < -0.39 is 0 Å². The maximum atomic E-state index is 14.7. The molecule has 0 nitrogen and oxygen atoms in total. The Labute approximate surface area is 104 Å². The van der Waals surface area contributed by atoms with Crippen LogP contribution in [0.2, 0.25) is 0 Å². The second-order valence-electron chi connectivity index (χ2n) is 6.73. The van der Waals surface area contributed by atoms with E-state index in [0.717, 1.165) is 24.0 Å². The summed E-state index contributed by atoms with van der Waals surface area (Å²) in [5, 5.41) is 0. The fourth-order valence-corrected chi connectivity index (χ4v) is 2.79. The van der Waals surface area contributed by atoms with E-state index in [1.54, 1.807) is 0 Å². The number of halogens is 1. The molecule has 94 valence electrons. The van der Waals surface area contributed by atoms with Crippen molar-refractivity contribution >= 4 is 0 Å². The number of hydrogen-bond donors (Lipinski definition) is 0. The lowest BCUT2D eigenvalue weighted by molar-refractivity contribution is 0.442. The topological polar surface area (TPSA) is 0 Å². The third kappa shape index (κ3) is 2.00. The van der Waals surface area contributed by atoms with Crippen LogP contribution in [0.15, 0.2) is 18.2 Å². The number of rotatable bonds is 2. The lowest BCUT2D eigenvalue weighted by Gasteiger charge is -2.26. The van der Waals surface area contributed by atoms with Gasteiger partial charge in [-0.1, -0.05) is 52.8 Å². The summed E-state index contributed by atoms with van der Waals surface area (Å²) in [7, 11) is 0. The highest BCUT2D eigenvalue weighted by atomic mass is 19.1. The summed E-state index contributed by atoms with van der Waals surface area (Å²) in [4.78, 5) is 0. The Morgan fingerprint density at radius 1 is 1.18 bits per heavy atom. The first-order valence-corrected chi connectivity index (χ1v) is 6.58. The minimum absolute atomic E-state index is 0.0335. The van der Waals surface area contributed by atoms with Crippen LogP contribution < -0.4 is 0 Å². The van der Waals surface area contributed by atoms with Crippen molar-refractivity contribution in [2.24, 2.45) is 5.92 Å². The summed E-state index contributed by atoms with van der Waals surface area (Å²) in [6, 6.07) is 5.92. The van der Waals surface area contributed by atoms with Gasteiger partial charge in [-0.25, -0.2) is 4.39 Å². The third-order valence-corrected chi connectivity index (χ3v) is 4.24. The summed E-state index contributed by atoms with van der Waals surface area (Å²) in [5.41, 5.74) is 1.79. The molecule has 1 fully saturated rings. The summed E-state index contributed by atoms with van der Waals surface area (Å²) < 4.78 is 14.7. The van der Waals surface area contributed by atoms with E-state index in [4.69, 9.17) is 0 Å². The molecule has 0 aliphatic heterocycles. The average Bonchev–Trinajstić information content (AvgIpc) is 2.97. The Morgan fingerprint density at radius 3 is 2.18 bits per heavy atom. The van der Waals surface area contributed by atoms with Gasteiger partial charge in [-0.05, 0) is 35.3 Å². The molecule has 0 aromatic heterocycles. The standard InChI is InChI=1S/C16H23F/c1-11(2)16(9-10-16)13-8-6-7-12(14(13)17)15(3,4)5/h6-8,11H,9-10H2,1-5H3. The summed E-state index contributed by atoms with van der Waals surface area (Å²) >= 11 is 0. The van der Waals surface area contributed by atoms with Gasteiger partial charge in [0, 0.05) is 5.41 Å². The highest BCUT2D eigenvalue weighted by Crippen LogP contribution is 2.55. The fraction of sp³-hybridized carbons (Fsp3) is 0.625. The van der Waals surface area contributed by atoms with Gasteiger partial charge in [-0.2, -0.15) is 0 Å². The van der Waals surface area contributed by atoms with E-state index in [0.29, 0.717) is 5.92 Å². The van der Waals surface area contributed by atoms with Crippen molar-refractivity contribution in [3.05, 3.63) is 35.1 Å². The first kappa shape index (κ1) is 12.6. The third-order valence-electron chi connectivity index (χ3n) is 4.24. The van der Waals surface area contributed by atoms with Gasteiger partial charge < -0.3 is 0 Å². The lowest BCUT2D eigenvalue weighted by atomic mass is 9.79. The molecule has 0 heterocycles. The van der Waals surface area contributed by atoms with Crippen LogP contribution in [-0.2, 0) is 10.8 Å². The maximum Gasteiger partial charge on any atom is 0.130 e. The molecule has 0 spiro atoms. The van der Waals surface area contributed by atoms with Crippen LogP contribution in [0.3, 0.4) is 0 Å². The van der Waals surface area contributed by atoms with Crippen molar-refractivity contribution in [2.75, 3.05) is 0 Å². The van der Waals surface area contributed by atoms with Crippen LogP contribution in [0.25, 0.3) is 0 Å². The van der Waals surface area contributed by atoms with Gasteiger partial charge in [0.15, 0.2) is 0 Å². The molecule has 0 amide bonds. The van der Waals surface area contributed by atoms with Gasteiger partial charge in [0.2, 0.25) is 0 Å². The molecule has 0 radical (unpaired) electrons. The smallest absolute Gasteiger partial charge is 0.130 e. The van der Waals surface area contributed by atoms with Crippen molar-refractivity contribution in [1.29, 1.82) is 0 Å². The van der Waals surface area contributed by atoms with Gasteiger partial charge in [0.05, 0.1) is 0 Å². The second-order valence-corrected chi connectivity index (χ2v) is 6.73. The first-order chi connectivity index (χ1) is 7.79. The van der Waals surface area contributed by atoms with Gasteiger partial charge in [0.1, 0.15) is 5.82 Å². The van der Waals surface area contributed by atoms with E-state index in [-0.39, 0.29) is 16.6 Å². The van der Waals surface area contributed by atoms with Crippen molar-refractivity contribution in [3.8, 4) is 0 Å². The molecule has 0 bridgehead atoms. The zero-order valence-corrected chi connectivity index (χ0v) is 11.6. The molecular formula is C16H23F. The molecule has 1 heteroatoms. The van der Waals surface area contributed by atoms with E-state index in [1.165, 1.54) is 0 Å². The Hall–Kier alpha value is -0.850. The minimum Gasteiger partial charge on any atom is -0.206 e. The molecule has 1 aromatic rings.